The average molecular weight is 306 g/mol. The zero-order valence-corrected chi connectivity index (χ0v) is 15.7. The predicted molar refractivity (Wildman–Crippen MR) is 95.6 cm³/mol. The second kappa shape index (κ2) is 7.47. The molecular weight excluding hydrogens is 272 g/mol. The fourth-order valence-electron chi connectivity index (χ4n) is 3.19. The highest BCUT2D eigenvalue weighted by Gasteiger charge is 2.31. The van der Waals surface area contributed by atoms with E-state index in [-0.39, 0.29) is 11.1 Å². The minimum Gasteiger partial charge on any atom is -0.496 e. The fraction of sp³-hybridized carbons (Fsp3) is 0.684. The van der Waals surface area contributed by atoms with Crippen molar-refractivity contribution in [1.29, 1.82) is 0 Å². The van der Waals surface area contributed by atoms with E-state index in [0.29, 0.717) is 6.04 Å². The molecule has 22 heavy (non-hydrogen) atoms. The lowest BCUT2D eigenvalue weighted by atomic mass is 9.90. The average Bonchev–Trinajstić information content (AvgIpc) is 2.42. The maximum Gasteiger partial charge on any atom is 0.123 e. The Balaban J connectivity index is 2.96. The second-order valence-corrected chi connectivity index (χ2v) is 7.59. The SMILES string of the molecule is CCN(C[C@H](C)NC(C)(C)C)C(C)(C)c1ccccc1OC. The number of nitrogens with one attached hydrogen (secondary N) is 1. The highest BCUT2D eigenvalue weighted by atomic mass is 16.5. The molecule has 0 aliphatic heterocycles. The Kier molecular flexibility index (Phi) is 6.45. The molecule has 0 aliphatic rings. The number of hydrogen-bond donors (Lipinski definition) is 1. The summed E-state index contributed by atoms with van der Waals surface area (Å²) in [6.45, 7) is 17.7. The Morgan fingerprint density at radius 3 is 2.23 bits per heavy atom. The van der Waals surface area contributed by atoms with Crippen molar-refractivity contribution in [1.82, 2.24) is 10.2 Å². The number of benzene rings is 1. The molecule has 3 nitrogen and oxygen atoms in total. The van der Waals surface area contributed by atoms with Crippen LogP contribution in [0.3, 0.4) is 0 Å². The van der Waals surface area contributed by atoms with Crippen molar-refractivity contribution >= 4 is 0 Å². The summed E-state index contributed by atoms with van der Waals surface area (Å²) in [5, 5.41) is 3.66. The first-order chi connectivity index (χ1) is 10.1. The maximum atomic E-state index is 5.57. The van der Waals surface area contributed by atoms with Crippen LogP contribution in [0.5, 0.6) is 5.75 Å². The van der Waals surface area contributed by atoms with Gasteiger partial charge in [0.1, 0.15) is 5.75 Å². The molecule has 1 N–H and O–H groups in total. The monoisotopic (exact) mass is 306 g/mol. The van der Waals surface area contributed by atoms with Crippen molar-refractivity contribution in [2.24, 2.45) is 0 Å². The summed E-state index contributed by atoms with van der Waals surface area (Å²) in [6.07, 6.45) is 0. The molecule has 0 spiro atoms. The minimum absolute atomic E-state index is 0.0742. The Bertz CT molecular complexity index is 463. The van der Waals surface area contributed by atoms with Crippen LogP contribution in [0.25, 0.3) is 0 Å². The van der Waals surface area contributed by atoms with Crippen LogP contribution in [0.4, 0.5) is 0 Å². The van der Waals surface area contributed by atoms with Gasteiger partial charge in [-0.15, -0.1) is 0 Å². The Labute approximate surface area is 137 Å². The smallest absolute Gasteiger partial charge is 0.123 e. The van der Waals surface area contributed by atoms with E-state index in [4.69, 9.17) is 4.74 Å². The molecule has 1 atom stereocenters. The standard InChI is InChI=1S/C19H34N2O/c1-9-21(14-15(2)20-18(3,4)5)19(6,7)16-12-10-11-13-17(16)22-8/h10-13,15,20H,9,14H2,1-8H3/t15-/m0/s1. The van der Waals surface area contributed by atoms with E-state index in [2.05, 4.69) is 70.8 Å². The molecule has 0 bridgehead atoms. The molecule has 1 aromatic carbocycles. The van der Waals surface area contributed by atoms with Gasteiger partial charge in [0.2, 0.25) is 0 Å². The molecule has 0 radical (unpaired) electrons. The van der Waals surface area contributed by atoms with Gasteiger partial charge in [-0.25, -0.2) is 0 Å². The van der Waals surface area contributed by atoms with Gasteiger partial charge in [0.15, 0.2) is 0 Å². The predicted octanol–water partition coefficient (Wildman–Crippen LogP) is 4.03. The van der Waals surface area contributed by atoms with Crippen LogP contribution in [0.2, 0.25) is 0 Å². The van der Waals surface area contributed by atoms with Crippen LogP contribution in [-0.2, 0) is 5.54 Å². The third-order valence-corrected chi connectivity index (χ3v) is 4.11. The van der Waals surface area contributed by atoms with E-state index in [1.807, 2.05) is 12.1 Å². The van der Waals surface area contributed by atoms with Crippen LogP contribution in [0, 0.1) is 0 Å². The summed E-state index contributed by atoms with van der Waals surface area (Å²) in [4.78, 5) is 2.51. The van der Waals surface area contributed by atoms with Crippen molar-refractivity contribution in [3.05, 3.63) is 29.8 Å². The van der Waals surface area contributed by atoms with Gasteiger partial charge < -0.3 is 10.1 Å². The van der Waals surface area contributed by atoms with Gasteiger partial charge in [-0.3, -0.25) is 4.90 Å². The summed E-state index contributed by atoms with van der Waals surface area (Å²) in [5.41, 5.74) is 1.30. The highest BCUT2D eigenvalue weighted by molar-refractivity contribution is 5.38. The zero-order valence-electron chi connectivity index (χ0n) is 15.7. The number of rotatable bonds is 7. The first-order valence-electron chi connectivity index (χ1n) is 8.28. The van der Waals surface area contributed by atoms with Crippen molar-refractivity contribution in [3.8, 4) is 5.75 Å². The van der Waals surface area contributed by atoms with Gasteiger partial charge in [-0.1, -0.05) is 25.1 Å². The number of likely N-dealkylation sites (N-methyl/N-ethyl adjacent to an activating group) is 1. The number of nitrogens with zero attached hydrogens (tertiary/aromatic N) is 1. The molecule has 1 rings (SSSR count). The van der Waals surface area contributed by atoms with Crippen molar-refractivity contribution < 1.29 is 4.74 Å². The first-order valence-corrected chi connectivity index (χ1v) is 8.28. The van der Waals surface area contributed by atoms with E-state index in [1.54, 1.807) is 7.11 Å². The largest absolute Gasteiger partial charge is 0.496 e. The van der Waals surface area contributed by atoms with E-state index in [9.17, 15) is 0 Å². The lowest BCUT2D eigenvalue weighted by molar-refractivity contribution is 0.106. The number of para-hydroxylation sites is 1. The van der Waals surface area contributed by atoms with Gasteiger partial charge in [-0.05, 0) is 54.2 Å². The minimum atomic E-state index is -0.0742. The summed E-state index contributed by atoms with van der Waals surface area (Å²) in [6, 6.07) is 8.75. The van der Waals surface area contributed by atoms with Crippen LogP contribution >= 0.6 is 0 Å². The van der Waals surface area contributed by atoms with Crippen LogP contribution in [0.1, 0.15) is 54.0 Å². The molecular formula is C19H34N2O. The van der Waals surface area contributed by atoms with Gasteiger partial charge in [-0.2, -0.15) is 0 Å². The highest BCUT2D eigenvalue weighted by Crippen LogP contribution is 2.34. The molecule has 126 valence electrons. The summed E-state index contributed by atoms with van der Waals surface area (Å²) >= 11 is 0. The molecule has 0 saturated heterocycles. The molecule has 0 heterocycles. The Morgan fingerprint density at radius 1 is 1.14 bits per heavy atom. The quantitative estimate of drug-likeness (QED) is 0.823. The number of ether oxygens (including phenoxy) is 1. The van der Waals surface area contributed by atoms with Crippen LogP contribution in [0.15, 0.2) is 24.3 Å². The molecule has 0 aromatic heterocycles. The number of methoxy groups -OCH3 is 1. The molecule has 0 amide bonds. The van der Waals surface area contributed by atoms with Gasteiger partial charge in [0.05, 0.1) is 7.11 Å². The van der Waals surface area contributed by atoms with Crippen LogP contribution < -0.4 is 10.1 Å². The molecule has 0 aliphatic carbocycles. The Hall–Kier alpha value is -1.06. The van der Waals surface area contributed by atoms with Crippen molar-refractivity contribution in [2.45, 2.75) is 65.6 Å². The third kappa shape index (κ3) is 4.99. The first kappa shape index (κ1) is 19.0. The zero-order chi connectivity index (χ0) is 17.0. The summed E-state index contributed by atoms with van der Waals surface area (Å²) < 4.78 is 5.57. The molecule has 0 unspecified atom stereocenters. The Morgan fingerprint density at radius 2 is 1.73 bits per heavy atom. The fourth-order valence-corrected chi connectivity index (χ4v) is 3.19. The second-order valence-electron chi connectivity index (χ2n) is 7.59. The van der Waals surface area contributed by atoms with E-state index >= 15 is 0 Å². The van der Waals surface area contributed by atoms with Gasteiger partial charge in [0, 0.05) is 29.2 Å². The normalized spacial score (nSPS) is 14.2. The number of hydrogen-bond acceptors (Lipinski definition) is 3. The lowest BCUT2D eigenvalue weighted by Gasteiger charge is -2.41. The molecule has 3 heteroatoms. The van der Waals surface area contributed by atoms with Gasteiger partial charge in [0.25, 0.3) is 0 Å². The third-order valence-electron chi connectivity index (χ3n) is 4.11. The van der Waals surface area contributed by atoms with Gasteiger partial charge >= 0.3 is 0 Å². The van der Waals surface area contributed by atoms with E-state index in [1.165, 1.54) is 5.56 Å². The molecule has 1 aromatic rings. The topological polar surface area (TPSA) is 24.5 Å². The van der Waals surface area contributed by atoms with Crippen molar-refractivity contribution in [3.63, 3.8) is 0 Å². The summed E-state index contributed by atoms with van der Waals surface area (Å²) in [5.74, 6) is 0.961. The van der Waals surface area contributed by atoms with Crippen molar-refractivity contribution in [2.75, 3.05) is 20.2 Å². The molecule has 0 fully saturated rings. The molecule has 0 saturated carbocycles. The lowest BCUT2D eigenvalue weighted by Crippen LogP contribution is -2.51. The van der Waals surface area contributed by atoms with Crippen LogP contribution in [-0.4, -0.2) is 36.7 Å². The summed E-state index contributed by atoms with van der Waals surface area (Å²) in [7, 11) is 1.75. The van der Waals surface area contributed by atoms with E-state index < -0.39 is 0 Å². The van der Waals surface area contributed by atoms with E-state index in [0.717, 1.165) is 18.8 Å². The maximum absolute atomic E-state index is 5.57.